The first kappa shape index (κ1) is 18.6. The van der Waals surface area contributed by atoms with E-state index in [-0.39, 0.29) is 4.90 Å². The lowest BCUT2D eigenvalue weighted by molar-refractivity contribution is -0.115. The van der Waals surface area contributed by atoms with Crippen LogP contribution >= 0.6 is 22.9 Å². The van der Waals surface area contributed by atoms with Crippen molar-refractivity contribution < 1.29 is 17.9 Å². The van der Waals surface area contributed by atoms with Gasteiger partial charge in [-0.2, -0.15) is 4.99 Å². The molecule has 0 fully saturated rings. The molecular weight excluding hydrogens is 396 g/mol. The Morgan fingerprint density at radius 3 is 2.58 bits per heavy atom. The van der Waals surface area contributed by atoms with Crippen molar-refractivity contribution in [3.8, 4) is 5.75 Å². The van der Waals surface area contributed by atoms with Gasteiger partial charge in [-0.3, -0.25) is 4.79 Å². The van der Waals surface area contributed by atoms with E-state index in [4.69, 9.17) is 16.3 Å². The fraction of sp³-hybridized carbons (Fsp3) is 0.176. The van der Waals surface area contributed by atoms with E-state index in [2.05, 4.69) is 4.99 Å². The van der Waals surface area contributed by atoms with Gasteiger partial charge in [0.25, 0.3) is 5.91 Å². The number of hydrogen-bond acceptors (Lipinski definition) is 5. The second kappa shape index (κ2) is 7.22. The summed E-state index contributed by atoms with van der Waals surface area (Å²) in [6, 6.07) is 11.2. The number of fused-ring (bicyclic) bond motifs is 1. The lowest BCUT2D eigenvalue weighted by Crippen LogP contribution is -2.19. The monoisotopic (exact) mass is 410 g/mol. The maximum atomic E-state index is 12.3. The molecule has 2 aromatic carbocycles. The third-order valence-electron chi connectivity index (χ3n) is 3.72. The van der Waals surface area contributed by atoms with E-state index >= 15 is 0 Å². The molecule has 1 aromatic heterocycles. The Bertz CT molecular complexity index is 1150. The molecule has 9 heteroatoms. The Balaban J connectivity index is 2.02. The van der Waals surface area contributed by atoms with E-state index in [1.54, 1.807) is 41.9 Å². The van der Waals surface area contributed by atoms with Crippen LogP contribution in [0.5, 0.6) is 5.75 Å². The van der Waals surface area contributed by atoms with Crippen LogP contribution in [-0.4, -0.2) is 31.8 Å². The zero-order chi connectivity index (χ0) is 18.9. The van der Waals surface area contributed by atoms with Crippen LogP contribution < -0.4 is 9.54 Å². The molecule has 1 amide bonds. The van der Waals surface area contributed by atoms with Crippen molar-refractivity contribution in [1.82, 2.24) is 4.57 Å². The molecule has 26 heavy (non-hydrogen) atoms. The van der Waals surface area contributed by atoms with Crippen LogP contribution in [-0.2, 0) is 21.7 Å². The summed E-state index contributed by atoms with van der Waals surface area (Å²) in [5, 5.41) is 0.507. The number of benzene rings is 2. The Hall–Kier alpha value is -2.16. The molecule has 3 aromatic rings. The van der Waals surface area contributed by atoms with E-state index in [0.29, 0.717) is 25.8 Å². The normalized spacial score (nSPS) is 12.5. The third-order valence-corrected chi connectivity index (χ3v) is 6.93. The molecular formula is C17H15ClN2O4S2. The van der Waals surface area contributed by atoms with Crippen molar-refractivity contribution in [3.63, 3.8) is 0 Å². The summed E-state index contributed by atoms with van der Waals surface area (Å²) < 4.78 is 32.3. The topological polar surface area (TPSA) is 77.7 Å². The number of nitrogens with zero attached hydrogens (tertiary/aromatic N) is 2. The largest absolute Gasteiger partial charge is 0.495 e. The number of rotatable bonds is 4. The van der Waals surface area contributed by atoms with Crippen molar-refractivity contribution in [2.24, 2.45) is 12.0 Å². The molecule has 0 saturated heterocycles. The molecule has 0 saturated carbocycles. The Morgan fingerprint density at radius 1 is 1.23 bits per heavy atom. The first-order chi connectivity index (χ1) is 12.3. The number of sulfone groups is 1. The Labute approximate surface area is 159 Å². The minimum atomic E-state index is -3.74. The predicted molar refractivity (Wildman–Crippen MR) is 101 cm³/mol. The van der Waals surface area contributed by atoms with Crippen LogP contribution in [0.15, 0.2) is 52.4 Å². The molecule has 1 heterocycles. The molecule has 3 rings (SSSR count). The Kier molecular flexibility index (Phi) is 5.17. The zero-order valence-electron chi connectivity index (χ0n) is 14.0. The van der Waals surface area contributed by atoms with Crippen LogP contribution in [0.2, 0.25) is 5.02 Å². The SMILES string of the molecule is COc1ccc(Cl)c2sc(=NC(=O)CS(=O)(=O)c3ccccc3)n(C)c12. The highest BCUT2D eigenvalue weighted by Gasteiger charge is 2.19. The maximum absolute atomic E-state index is 12.3. The quantitative estimate of drug-likeness (QED) is 0.662. The summed E-state index contributed by atoms with van der Waals surface area (Å²) in [5.74, 6) is -0.851. The van der Waals surface area contributed by atoms with Crippen LogP contribution in [0.4, 0.5) is 0 Å². The third kappa shape index (κ3) is 3.53. The van der Waals surface area contributed by atoms with Crippen LogP contribution in [0.25, 0.3) is 10.2 Å². The number of hydrogen-bond donors (Lipinski definition) is 0. The smallest absolute Gasteiger partial charge is 0.263 e. The lowest BCUT2D eigenvalue weighted by Gasteiger charge is -2.04. The molecule has 0 N–H and O–H groups in total. The van der Waals surface area contributed by atoms with Crippen LogP contribution in [0, 0.1) is 0 Å². The standard InChI is InChI=1S/C17H15ClN2O4S2/c1-20-15-13(24-2)9-8-12(18)16(15)25-17(20)19-14(21)10-26(22,23)11-6-4-3-5-7-11/h3-9H,10H2,1-2H3. The number of aryl methyl sites for hydroxylation is 1. The number of carbonyl (C=O) groups excluding carboxylic acids is 1. The molecule has 0 unspecified atom stereocenters. The van der Waals surface area contributed by atoms with Gasteiger partial charge in [0, 0.05) is 7.05 Å². The van der Waals surface area contributed by atoms with E-state index in [9.17, 15) is 13.2 Å². The highest BCUT2D eigenvalue weighted by Crippen LogP contribution is 2.32. The number of carbonyl (C=O) groups is 1. The maximum Gasteiger partial charge on any atom is 0.263 e. The number of amides is 1. The summed E-state index contributed by atoms with van der Waals surface area (Å²) >= 11 is 7.41. The van der Waals surface area contributed by atoms with Crippen LogP contribution in [0.1, 0.15) is 0 Å². The van der Waals surface area contributed by atoms with Gasteiger partial charge in [-0.1, -0.05) is 41.1 Å². The summed E-state index contributed by atoms with van der Waals surface area (Å²) in [6.07, 6.45) is 0. The number of thiazole rings is 1. The lowest BCUT2D eigenvalue weighted by atomic mass is 10.3. The van der Waals surface area contributed by atoms with Gasteiger partial charge in [-0.25, -0.2) is 8.42 Å². The highest BCUT2D eigenvalue weighted by atomic mass is 35.5. The molecule has 0 radical (unpaired) electrons. The molecule has 0 spiro atoms. The number of halogens is 1. The molecule has 6 nitrogen and oxygen atoms in total. The van der Waals surface area contributed by atoms with Crippen molar-refractivity contribution in [3.05, 3.63) is 52.3 Å². The fourth-order valence-corrected chi connectivity index (χ4v) is 4.93. The zero-order valence-corrected chi connectivity index (χ0v) is 16.4. The minimum absolute atomic E-state index is 0.0916. The van der Waals surface area contributed by atoms with Gasteiger partial charge in [0.2, 0.25) is 0 Å². The van der Waals surface area contributed by atoms with Gasteiger partial charge in [0.05, 0.1) is 21.7 Å². The molecule has 0 aliphatic heterocycles. The summed E-state index contributed by atoms with van der Waals surface area (Å²) in [4.78, 5) is 16.7. The molecule has 0 aliphatic rings. The summed E-state index contributed by atoms with van der Waals surface area (Å²) in [5.41, 5.74) is 0.697. The van der Waals surface area contributed by atoms with Crippen LogP contribution in [0.3, 0.4) is 0 Å². The van der Waals surface area contributed by atoms with Gasteiger partial charge >= 0.3 is 0 Å². The van der Waals surface area contributed by atoms with Gasteiger partial charge in [-0.15, -0.1) is 0 Å². The molecule has 0 bridgehead atoms. The van der Waals surface area contributed by atoms with Gasteiger partial charge < -0.3 is 9.30 Å². The van der Waals surface area contributed by atoms with E-state index < -0.39 is 21.5 Å². The first-order valence-corrected chi connectivity index (χ1v) is 10.4. The second-order valence-corrected chi connectivity index (χ2v) is 8.82. The first-order valence-electron chi connectivity index (χ1n) is 7.51. The number of ether oxygens (including phenoxy) is 1. The molecule has 0 atom stereocenters. The van der Waals surface area contributed by atoms with Crippen molar-refractivity contribution in [2.75, 3.05) is 12.9 Å². The van der Waals surface area contributed by atoms with E-state index in [1.807, 2.05) is 0 Å². The second-order valence-electron chi connectivity index (χ2n) is 5.45. The fourth-order valence-electron chi connectivity index (χ4n) is 2.47. The average molecular weight is 411 g/mol. The molecule has 136 valence electrons. The van der Waals surface area contributed by atoms with Crippen molar-refractivity contribution >= 4 is 48.9 Å². The highest BCUT2D eigenvalue weighted by molar-refractivity contribution is 7.92. The van der Waals surface area contributed by atoms with Gasteiger partial charge in [0.1, 0.15) is 17.0 Å². The minimum Gasteiger partial charge on any atom is -0.495 e. The van der Waals surface area contributed by atoms with Crippen molar-refractivity contribution in [2.45, 2.75) is 4.90 Å². The Morgan fingerprint density at radius 2 is 1.92 bits per heavy atom. The predicted octanol–water partition coefficient (Wildman–Crippen LogP) is 2.80. The van der Waals surface area contributed by atoms with Gasteiger partial charge in [-0.05, 0) is 24.3 Å². The number of methoxy groups -OCH3 is 1. The van der Waals surface area contributed by atoms with E-state index in [1.165, 1.54) is 30.6 Å². The number of aromatic nitrogens is 1. The summed E-state index contributed by atoms with van der Waals surface area (Å²) in [6.45, 7) is 0. The van der Waals surface area contributed by atoms with E-state index in [0.717, 1.165) is 0 Å². The van der Waals surface area contributed by atoms with Crippen molar-refractivity contribution in [1.29, 1.82) is 0 Å². The molecule has 0 aliphatic carbocycles. The summed E-state index contributed by atoms with van der Waals surface area (Å²) in [7, 11) is -0.488. The average Bonchev–Trinajstić information content (AvgIpc) is 2.93. The van der Waals surface area contributed by atoms with Gasteiger partial charge in [0.15, 0.2) is 14.6 Å².